The number of halogens is 1. The van der Waals surface area contributed by atoms with Crippen LogP contribution in [0.3, 0.4) is 0 Å². The zero-order valence-corrected chi connectivity index (χ0v) is 10.9. The maximum atomic E-state index is 11.8. The summed E-state index contributed by atoms with van der Waals surface area (Å²) in [5.41, 5.74) is -0.653. The standard InChI is InChI=1S/C11H12ClN3O4/c1-2-13-9(16)6-14-11(17)7-4-3-5-8(12)10(7)15(18)19/h3-5H,2,6H2,1H3,(H,13,16)(H,14,17). The first kappa shape index (κ1) is 14.9. The zero-order valence-electron chi connectivity index (χ0n) is 10.1. The molecule has 0 atom stereocenters. The Balaban J connectivity index is 2.86. The molecule has 0 aliphatic rings. The van der Waals surface area contributed by atoms with E-state index in [2.05, 4.69) is 10.6 Å². The Morgan fingerprint density at radius 1 is 1.37 bits per heavy atom. The van der Waals surface area contributed by atoms with Crippen LogP contribution in [0, 0.1) is 10.1 Å². The van der Waals surface area contributed by atoms with Gasteiger partial charge in [0.1, 0.15) is 10.6 Å². The van der Waals surface area contributed by atoms with Crippen molar-refractivity contribution in [2.75, 3.05) is 13.1 Å². The number of nitrogens with one attached hydrogen (secondary N) is 2. The lowest BCUT2D eigenvalue weighted by atomic mass is 10.1. The van der Waals surface area contributed by atoms with Gasteiger partial charge in [-0.2, -0.15) is 0 Å². The van der Waals surface area contributed by atoms with E-state index in [1.54, 1.807) is 6.92 Å². The first-order valence-electron chi connectivity index (χ1n) is 5.45. The summed E-state index contributed by atoms with van der Waals surface area (Å²) in [6, 6.07) is 4.02. The average Bonchev–Trinajstić information content (AvgIpc) is 2.35. The molecule has 1 aromatic rings. The molecule has 1 aromatic carbocycles. The summed E-state index contributed by atoms with van der Waals surface area (Å²) in [6.45, 7) is 1.92. The van der Waals surface area contributed by atoms with E-state index in [1.165, 1.54) is 18.2 Å². The number of nitro groups is 1. The Hall–Kier alpha value is -2.15. The smallest absolute Gasteiger partial charge is 0.300 e. The highest BCUT2D eigenvalue weighted by molar-refractivity contribution is 6.33. The van der Waals surface area contributed by atoms with Crippen molar-refractivity contribution in [2.45, 2.75) is 6.92 Å². The van der Waals surface area contributed by atoms with Crippen LogP contribution in [0.1, 0.15) is 17.3 Å². The zero-order chi connectivity index (χ0) is 14.4. The second kappa shape index (κ2) is 6.69. The third-order valence-corrected chi connectivity index (χ3v) is 2.50. The molecule has 0 radical (unpaired) electrons. The molecule has 0 unspecified atom stereocenters. The van der Waals surface area contributed by atoms with Crippen LogP contribution in [0.15, 0.2) is 18.2 Å². The van der Waals surface area contributed by atoms with Crippen molar-refractivity contribution in [3.63, 3.8) is 0 Å². The normalized spacial score (nSPS) is 9.79. The summed E-state index contributed by atoms with van der Waals surface area (Å²) in [5.74, 6) is -1.10. The first-order valence-corrected chi connectivity index (χ1v) is 5.83. The molecule has 102 valence electrons. The number of benzene rings is 1. The van der Waals surface area contributed by atoms with Crippen molar-refractivity contribution in [1.29, 1.82) is 0 Å². The van der Waals surface area contributed by atoms with Gasteiger partial charge >= 0.3 is 5.69 Å². The lowest BCUT2D eigenvalue weighted by Gasteiger charge is -2.06. The predicted molar refractivity (Wildman–Crippen MR) is 69.1 cm³/mol. The van der Waals surface area contributed by atoms with Gasteiger partial charge in [-0.05, 0) is 19.1 Å². The van der Waals surface area contributed by atoms with Crippen molar-refractivity contribution in [3.05, 3.63) is 38.9 Å². The molecule has 19 heavy (non-hydrogen) atoms. The monoisotopic (exact) mass is 285 g/mol. The van der Waals surface area contributed by atoms with Gasteiger partial charge in [-0.15, -0.1) is 0 Å². The van der Waals surface area contributed by atoms with Crippen LogP contribution in [0.5, 0.6) is 0 Å². The van der Waals surface area contributed by atoms with E-state index in [1.807, 2.05) is 0 Å². The Morgan fingerprint density at radius 2 is 2.05 bits per heavy atom. The van der Waals surface area contributed by atoms with Crippen LogP contribution >= 0.6 is 11.6 Å². The summed E-state index contributed by atoms with van der Waals surface area (Å²) in [7, 11) is 0. The SMILES string of the molecule is CCNC(=O)CNC(=O)c1cccc(Cl)c1[N+](=O)[O-]. The van der Waals surface area contributed by atoms with E-state index in [9.17, 15) is 19.7 Å². The molecule has 0 aliphatic carbocycles. The Kier molecular flexibility index (Phi) is 5.25. The molecule has 0 fully saturated rings. The minimum absolute atomic E-state index is 0.129. The molecule has 0 spiro atoms. The van der Waals surface area contributed by atoms with Gasteiger partial charge in [-0.3, -0.25) is 19.7 Å². The van der Waals surface area contributed by atoms with E-state index >= 15 is 0 Å². The minimum atomic E-state index is -0.733. The van der Waals surface area contributed by atoms with Crippen LogP contribution in [-0.2, 0) is 4.79 Å². The minimum Gasteiger partial charge on any atom is -0.355 e. The highest BCUT2D eigenvalue weighted by atomic mass is 35.5. The topological polar surface area (TPSA) is 101 Å². The van der Waals surface area contributed by atoms with Gasteiger partial charge in [0.15, 0.2) is 0 Å². The van der Waals surface area contributed by atoms with Crippen LogP contribution < -0.4 is 10.6 Å². The molecular formula is C11H12ClN3O4. The van der Waals surface area contributed by atoms with Gasteiger partial charge < -0.3 is 10.6 Å². The highest BCUT2D eigenvalue weighted by Gasteiger charge is 2.23. The van der Waals surface area contributed by atoms with Gasteiger partial charge in [0.05, 0.1) is 11.5 Å². The van der Waals surface area contributed by atoms with Crippen LogP contribution in [-0.4, -0.2) is 29.8 Å². The second-order valence-corrected chi connectivity index (χ2v) is 3.94. The molecule has 2 N–H and O–H groups in total. The lowest BCUT2D eigenvalue weighted by Crippen LogP contribution is -2.36. The van der Waals surface area contributed by atoms with Gasteiger partial charge in [0.25, 0.3) is 5.91 Å². The summed E-state index contributed by atoms with van der Waals surface area (Å²) in [6.07, 6.45) is 0. The van der Waals surface area contributed by atoms with Crippen molar-refractivity contribution in [1.82, 2.24) is 10.6 Å². The van der Waals surface area contributed by atoms with E-state index < -0.39 is 16.5 Å². The van der Waals surface area contributed by atoms with Crippen molar-refractivity contribution in [3.8, 4) is 0 Å². The number of amides is 2. The number of nitrogens with zero attached hydrogens (tertiary/aromatic N) is 1. The highest BCUT2D eigenvalue weighted by Crippen LogP contribution is 2.27. The van der Waals surface area contributed by atoms with Crippen LogP contribution in [0.25, 0.3) is 0 Å². The molecule has 2 amide bonds. The molecule has 0 heterocycles. The molecule has 0 saturated carbocycles. The van der Waals surface area contributed by atoms with Gasteiger partial charge in [0, 0.05) is 6.54 Å². The molecular weight excluding hydrogens is 274 g/mol. The second-order valence-electron chi connectivity index (χ2n) is 3.53. The summed E-state index contributed by atoms with van der Waals surface area (Å²) >= 11 is 5.68. The molecule has 0 aromatic heterocycles. The van der Waals surface area contributed by atoms with E-state index in [0.717, 1.165) is 0 Å². The number of carbonyl (C=O) groups is 2. The van der Waals surface area contributed by atoms with Crippen molar-refractivity contribution >= 4 is 29.1 Å². The third kappa shape index (κ3) is 3.92. The number of likely N-dealkylation sites (N-methyl/N-ethyl adjacent to an activating group) is 1. The number of nitro benzene ring substituents is 1. The van der Waals surface area contributed by atoms with Gasteiger partial charge in [0.2, 0.25) is 5.91 Å². The fourth-order valence-electron chi connectivity index (χ4n) is 1.40. The quantitative estimate of drug-likeness (QED) is 0.625. The molecule has 0 saturated heterocycles. The maximum Gasteiger partial charge on any atom is 0.300 e. The van der Waals surface area contributed by atoms with Crippen molar-refractivity contribution < 1.29 is 14.5 Å². The molecule has 0 bridgehead atoms. The predicted octanol–water partition coefficient (Wildman–Crippen LogP) is 1.11. The Morgan fingerprint density at radius 3 is 2.63 bits per heavy atom. The number of hydrogen-bond acceptors (Lipinski definition) is 4. The van der Waals surface area contributed by atoms with Gasteiger partial charge in [-0.1, -0.05) is 17.7 Å². The Labute approximate surface area is 114 Å². The molecule has 0 aliphatic heterocycles. The summed E-state index contributed by atoms with van der Waals surface area (Å²) in [5, 5.41) is 15.5. The summed E-state index contributed by atoms with van der Waals surface area (Å²) < 4.78 is 0. The third-order valence-electron chi connectivity index (χ3n) is 2.20. The first-order chi connectivity index (χ1) is 8.97. The lowest BCUT2D eigenvalue weighted by molar-refractivity contribution is -0.385. The fourth-order valence-corrected chi connectivity index (χ4v) is 1.64. The average molecular weight is 286 g/mol. The molecule has 8 heteroatoms. The number of rotatable bonds is 5. The van der Waals surface area contributed by atoms with Crippen LogP contribution in [0.2, 0.25) is 5.02 Å². The Bertz CT molecular complexity index is 519. The largest absolute Gasteiger partial charge is 0.355 e. The van der Waals surface area contributed by atoms with E-state index in [4.69, 9.17) is 11.6 Å². The van der Waals surface area contributed by atoms with Crippen LogP contribution in [0.4, 0.5) is 5.69 Å². The fraction of sp³-hybridized carbons (Fsp3) is 0.273. The number of para-hydroxylation sites is 1. The van der Waals surface area contributed by atoms with E-state index in [-0.39, 0.29) is 23.0 Å². The maximum absolute atomic E-state index is 11.8. The summed E-state index contributed by atoms with van der Waals surface area (Å²) in [4.78, 5) is 33.1. The van der Waals surface area contributed by atoms with Crippen molar-refractivity contribution in [2.24, 2.45) is 0 Å². The van der Waals surface area contributed by atoms with E-state index in [0.29, 0.717) is 6.54 Å². The number of carbonyl (C=O) groups excluding carboxylic acids is 2. The van der Waals surface area contributed by atoms with Gasteiger partial charge in [-0.25, -0.2) is 0 Å². The number of hydrogen-bond donors (Lipinski definition) is 2. The molecule has 1 rings (SSSR count). The molecule has 7 nitrogen and oxygen atoms in total.